The van der Waals surface area contributed by atoms with E-state index in [0.717, 1.165) is 50.3 Å². The fraction of sp³-hybridized carbons (Fsp3) is 0.0256. The van der Waals surface area contributed by atoms with Crippen molar-refractivity contribution in [1.82, 2.24) is 5.32 Å². The van der Waals surface area contributed by atoms with Gasteiger partial charge in [0.25, 0.3) is 0 Å². The van der Waals surface area contributed by atoms with Gasteiger partial charge < -0.3 is 9.73 Å². The summed E-state index contributed by atoms with van der Waals surface area (Å²) >= 11 is 1.82. The molecule has 0 spiro atoms. The third-order valence-corrected chi connectivity index (χ3v) is 9.49. The van der Waals surface area contributed by atoms with Crippen LogP contribution in [0.25, 0.3) is 53.2 Å². The number of hydrogen-bond donors (Lipinski definition) is 1. The molecule has 0 saturated heterocycles. The van der Waals surface area contributed by atoms with Gasteiger partial charge >= 0.3 is 0 Å². The zero-order valence-electron chi connectivity index (χ0n) is 23.6. The molecule has 0 saturated carbocycles. The van der Waals surface area contributed by atoms with E-state index in [1.165, 1.54) is 31.3 Å². The first-order valence-electron chi connectivity index (χ1n) is 14.7. The molecule has 4 nitrogen and oxygen atoms in total. The molecule has 44 heavy (non-hydrogen) atoms. The summed E-state index contributed by atoms with van der Waals surface area (Å²) in [5, 5.41) is 8.37. The number of amidine groups is 2. The summed E-state index contributed by atoms with van der Waals surface area (Å²) in [4.78, 5) is 10.0. The molecule has 1 aliphatic heterocycles. The predicted octanol–water partition coefficient (Wildman–Crippen LogP) is 10.1. The average molecular weight is 584 g/mol. The van der Waals surface area contributed by atoms with E-state index in [1.807, 2.05) is 59.9 Å². The fourth-order valence-electron chi connectivity index (χ4n) is 6.13. The van der Waals surface area contributed by atoms with E-state index in [4.69, 9.17) is 14.4 Å². The van der Waals surface area contributed by atoms with Crippen molar-refractivity contribution in [2.45, 2.75) is 6.17 Å². The Morgan fingerprint density at radius 3 is 1.93 bits per heavy atom. The molecule has 0 aliphatic carbocycles. The summed E-state index contributed by atoms with van der Waals surface area (Å²) < 4.78 is 8.60. The monoisotopic (exact) mass is 583 g/mol. The molecule has 9 rings (SSSR count). The number of thiophene rings is 1. The third kappa shape index (κ3) is 4.21. The number of para-hydroxylation sites is 1. The molecule has 6 aromatic carbocycles. The van der Waals surface area contributed by atoms with Gasteiger partial charge in [0.15, 0.2) is 5.84 Å². The van der Waals surface area contributed by atoms with Gasteiger partial charge in [0.2, 0.25) is 0 Å². The van der Waals surface area contributed by atoms with E-state index in [9.17, 15) is 0 Å². The first kappa shape index (κ1) is 25.0. The van der Waals surface area contributed by atoms with Crippen LogP contribution in [0.1, 0.15) is 22.9 Å². The number of hydrogen-bond acceptors (Lipinski definition) is 5. The minimum Gasteiger partial charge on any atom is -0.456 e. The predicted molar refractivity (Wildman–Crippen MR) is 184 cm³/mol. The minimum absolute atomic E-state index is 0.227. The lowest BCUT2D eigenvalue weighted by molar-refractivity contribution is 0.669. The summed E-state index contributed by atoms with van der Waals surface area (Å²) in [6.07, 6.45) is -0.227. The lowest BCUT2D eigenvalue weighted by Crippen LogP contribution is -2.33. The minimum atomic E-state index is -0.227. The highest BCUT2D eigenvalue weighted by atomic mass is 32.1. The second-order valence-corrected chi connectivity index (χ2v) is 12.2. The largest absolute Gasteiger partial charge is 0.456 e. The lowest BCUT2D eigenvalue weighted by Gasteiger charge is -2.23. The zero-order chi connectivity index (χ0) is 29.0. The van der Waals surface area contributed by atoms with Crippen molar-refractivity contribution in [3.05, 3.63) is 156 Å². The molecule has 3 heterocycles. The highest BCUT2D eigenvalue weighted by molar-refractivity contribution is 7.25. The molecule has 0 amide bonds. The van der Waals surface area contributed by atoms with E-state index < -0.39 is 0 Å². The lowest BCUT2D eigenvalue weighted by atomic mass is 10.00. The van der Waals surface area contributed by atoms with Crippen molar-refractivity contribution in [2.24, 2.45) is 9.98 Å². The number of nitrogens with one attached hydrogen (secondary N) is 1. The third-order valence-electron chi connectivity index (χ3n) is 8.34. The van der Waals surface area contributed by atoms with Gasteiger partial charge in [-0.1, -0.05) is 91.0 Å². The topological polar surface area (TPSA) is 49.9 Å². The molecule has 208 valence electrons. The van der Waals surface area contributed by atoms with Crippen molar-refractivity contribution in [1.29, 1.82) is 0 Å². The molecule has 0 bridgehead atoms. The number of benzene rings is 6. The maximum absolute atomic E-state index is 6.08. The van der Waals surface area contributed by atoms with Crippen LogP contribution in [-0.4, -0.2) is 11.7 Å². The van der Waals surface area contributed by atoms with E-state index in [0.29, 0.717) is 0 Å². The molecule has 1 atom stereocenters. The molecule has 0 radical (unpaired) electrons. The van der Waals surface area contributed by atoms with E-state index in [-0.39, 0.29) is 6.17 Å². The Bertz CT molecular complexity index is 2420. The Labute approximate surface area is 257 Å². The van der Waals surface area contributed by atoms with Gasteiger partial charge in [-0.15, -0.1) is 11.3 Å². The second kappa shape index (κ2) is 10.0. The molecule has 5 heteroatoms. The van der Waals surface area contributed by atoms with E-state index in [1.54, 1.807) is 0 Å². The summed E-state index contributed by atoms with van der Waals surface area (Å²) in [6.45, 7) is 0. The Morgan fingerprint density at radius 2 is 1.14 bits per heavy atom. The summed E-state index contributed by atoms with van der Waals surface area (Å²) in [5.74, 6) is 1.55. The van der Waals surface area contributed by atoms with Crippen LogP contribution >= 0.6 is 11.3 Å². The van der Waals surface area contributed by atoms with Crippen LogP contribution in [0.3, 0.4) is 0 Å². The first-order valence-corrected chi connectivity index (χ1v) is 15.5. The Balaban J connectivity index is 1.15. The summed E-state index contributed by atoms with van der Waals surface area (Å²) in [7, 11) is 0. The van der Waals surface area contributed by atoms with Gasteiger partial charge in [0.1, 0.15) is 23.2 Å². The van der Waals surface area contributed by atoms with Gasteiger partial charge in [0, 0.05) is 42.1 Å². The van der Waals surface area contributed by atoms with Gasteiger partial charge in [-0.25, -0.2) is 9.98 Å². The highest BCUT2D eigenvalue weighted by Crippen LogP contribution is 2.38. The fourth-order valence-corrected chi connectivity index (χ4v) is 7.20. The number of nitrogens with zero attached hydrogens (tertiary/aromatic N) is 2. The van der Waals surface area contributed by atoms with Crippen LogP contribution in [0.15, 0.2) is 154 Å². The number of rotatable bonds is 4. The van der Waals surface area contributed by atoms with Crippen LogP contribution < -0.4 is 5.32 Å². The maximum atomic E-state index is 6.08. The molecular weight excluding hydrogens is 559 g/mol. The van der Waals surface area contributed by atoms with Crippen molar-refractivity contribution in [2.75, 3.05) is 0 Å². The Hall–Kier alpha value is -5.52. The molecule has 1 N–H and O–H groups in total. The van der Waals surface area contributed by atoms with Crippen molar-refractivity contribution < 1.29 is 4.42 Å². The molecule has 0 fully saturated rings. The van der Waals surface area contributed by atoms with Crippen LogP contribution in [0, 0.1) is 0 Å². The SMILES string of the molecule is c1ccc(C2=NC(c3ccccc3)NC(c3ccc4sc5ccc(-c6ccc7oc8ccccc8c7c6)cc5c4c3)=N2)cc1. The molecule has 1 unspecified atom stereocenters. The van der Waals surface area contributed by atoms with Crippen molar-refractivity contribution in [3.63, 3.8) is 0 Å². The average Bonchev–Trinajstić information content (AvgIpc) is 3.66. The Kier molecular flexibility index (Phi) is 5.71. The molecule has 1 aliphatic rings. The van der Waals surface area contributed by atoms with E-state index in [2.05, 4.69) is 96.3 Å². The quantitative estimate of drug-likeness (QED) is 0.224. The van der Waals surface area contributed by atoms with Crippen LogP contribution in [0.5, 0.6) is 0 Å². The van der Waals surface area contributed by atoms with E-state index >= 15 is 0 Å². The van der Waals surface area contributed by atoms with Gasteiger partial charge in [-0.2, -0.15) is 0 Å². The molecule has 8 aromatic rings. The molecule has 2 aromatic heterocycles. The Morgan fingerprint density at radius 1 is 0.523 bits per heavy atom. The zero-order valence-corrected chi connectivity index (χ0v) is 24.4. The first-order chi connectivity index (χ1) is 21.8. The standard InChI is InChI=1S/C39H25N3OS/c1-3-9-24(10-4-1)37-40-38(25-11-5-2-6-12-25)42-39(41-37)28-17-20-36-32(23-28)31-22-27(16-19-35(31)44-36)26-15-18-34-30(21-26)29-13-7-8-14-33(29)43-34/h1-23,37H,(H,40,41,42). The van der Waals surface area contributed by atoms with Crippen LogP contribution in [0.4, 0.5) is 0 Å². The van der Waals surface area contributed by atoms with Gasteiger partial charge in [-0.3, -0.25) is 0 Å². The maximum Gasteiger partial charge on any atom is 0.159 e. The normalized spacial score (nSPS) is 15.0. The van der Waals surface area contributed by atoms with Crippen molar-refractivity contribution in [3.8, 4) is 11.1 Å². The molecular formula is C39H25N3OS. The van der Waals surface area contributed by atoms with Gasteiger partial charge in [-0.05, 0) is 65.2 Å². The smallest absolute Gasteiger partial charge is 0.159 e. The highest BCUT2D eigenvalue weighted by Gasteiger charge is 2.21. The van der Waals surface area contributed by atoms with Gasteiger partial charge in [0.05, 0.1) is 0 Å². The summed E-state index contributed by atoms with van der Waals surface area (Å²) in [6, 6.07) is 48.7. The van der Waals surface area contributed by atoms with Crippen LogP contribution in [0.2, 0.25) is 0 Å². The number of fused-ring (bicyclic) bond motifs is 6. The number of furan rings is 1. The van der Waals surface area contributed by atoms with Crippen LogP contribution in [-0.2, 0) is 0 Å². The van der Waals surface area contributed by atoms with Crippen molar-refractivity contribution >= 4 is 65.1 Å². The number of aliphatic imine (C=N–C) groups is 2. The summed E-state index contributed by atoms with van der Waals surface area (Å²) in [5.41, 5.74) is 7.33. The second-order valence-electron chi connectivity index (χ2n) is 11.1.